The van der Waals surface area contributed by atoms with Gasteiger partial charge in [-0.1, -0.05) is 16.8 Å². The Hall–Kier alpha value is -2.08. The Bertz CT molecular complexity index is 605. The van der Waals surface area contributed by atoms with Crippen LogP contribution < -0.4 is 5.32 Å². The Balaban J connectivity index is 2.16. The average Bonchev–Trinajstić information content (AvgIpc) is 2.68. The topological polar surface area (TPSA) is 88.2 Å². The number of hydrogen-bond donors (Lipinski definition) is 2. The van der Waals surface area contributed by atoms with Crippen molar-refractivity contribution in [2.45, 2.75) is 20.4 Å². The Kier molecular flexibility index (Phi) is 3.71. The van der Waals surface area contributed by atoms with E-state index in [0.717, 1.165) is 17.0 Å². The molecule has 2 aromatic heterocycles. The molecule has 0 radical (unpaired) electrons. The smallest absolute Gasteiger partial charge is 0.337 e. The molecule has 0 fully saturated rings. The van der Waals surface area contributed by atoms with Gasteiger partial charge in [-0.2, -0.15) is 0 Å². The van der Waals surface area contributed by atoms with Gasteiger partial charge < -0.3 is 14.9 Å². The molecule has 0 unspecified atom stereocenters. The zero-order chi connectivity index (χ0) is 14.0. The summed E-state index contributed by atoms with van der Waals surface area (Å²) in [6, 6.07) is 1.39. The van der Waals surface area contributed by atoms with Crippen LogP contribution in [0.5, 0.6) is 0 Å². The zero-order valence-electron chi connectivity index (χ0n) is 10.4. The quantitative estimate of drug-likeness (QED) is 0.896. The molecule has 2 aromatic rings. The predicted octanol–water partition coefficient (Wildman–Crippen LogP) is 2.65. The minimum Gasteiger partial charge on any atom is -0.478 e. The summed E-state index contributed by atoms with van der Waals surface area (Å²) in [5.41, 5.74) is 1.73. The van der Waals surface area contributed by atoms with E-state index in [0.29, 0.717) is 12.4 Å². The van der Waals surface area contributed by atoms with Gasteiger partial charge in [0.15, 0.2) is 0 Å². The van der Waals surface area contributed by atoms with Crippen molar-refractivity contribution in [1.82, 2.24) is 10.1 Å². The van der Waals surface area contributed by atoms with E-state index < -0.39 is 5.97 Å². The Morgan fingerprint density at radius 1 is 1.53 bits per heavy atom. The molecule has 19 heavy (non-hydrogen) atoms. The lowest BCUT2D eigenvalue weighted by Crippen LogP contribution is -2.05. The first-order valence-electron chi connectivity index (χ1n) is 5.53. The molecule has 0 bridgehead atoms. The number of aryl methyl sites for hydroxylation is 2. The number of hydrogen-bond acceptors (Lipinski definition) is 5. The fourth-order valence-electron chi connectivity index (χ4n) is 1.63. The highest BCUT2D eigenvalue weighted by Crippen LogP contribution is 2.19. The molecule has 100 valence electrons. The van der Waals surface area contributed by atoms with E-state index in [4.69, 9.17) is 21.2 Å². The van der Waals surface area contributed by atoms with Crippen molar-refractivity contribution >= 4 is 23.4 Å². The van der Waals surface area contributed by atoms with E-state index in [1.807, 2.05) is 13.8 Å². The summed E-state index contributed by atoms with van der Waals surface area (Å²) in [4.78, 5) is 15.0. The van der Waals surface area contributed by atoms with Gasteiger partial charge in [-0.3, -0.25) is 0 Å². The van der Waals surface area contributed by atoms with Crippen molar-refractivity contribution in [1.29, 1.82) is 0 Å². The van der Waals surface area contributed by atoms with Crippen LogP contribution in [0.4, 0.5) is 5.82 Å². The second kappa shape index (κ2) is 5.27. The van der Waals surface area contributed by atoms with Gasteiger partial charge in [0, 0.05) is 18.3 Å². The van der Waals surface area contributed by atoms with Crippen molar-refractivity contribution < 1.29 is 14.4 Å². The van der Waals surface area contributed by atoms with E-state index in [1.165, 1.54) is 12.3 Å². The normalized spacial score (nSPS) is 10.5. The summed E-state index contributed by atoms with van der Waals surface area (Å²) in [5.74, 6) is 0.0620. The van der Waals surface area contributed by atoms with Crippen molar-refractivity contribution in [3.05, 3.63) is 39.9 Å². The number of carboxylic acid groups (broad SMARTS) is 1. The maximum Gasteiger partial charge on any atom is 0.337 e. The van der Waals surface area contributed by atoms with Crippen LogP contribution in [0.3, 0.4) is 0 Å². The summed E-state index contributed by atoms with van der Waals surface area (Å²) in [6.07, 6.45) is 1.31. The molecular formula is C12H12ClN3O3. The molecule has 2 heterocycles. The summed E-state index contributed by atoms with van der Waals surface area (Å²) in [5, 5.41) is 15.9. The van der Waals surface area contributed by atoms with E-state index in [9.17, 15) is 4.79 Å². The van der Waals surface area contributed by atoms with Crippen LogP contribution in [0.2, 0.25) is 5.02 Å². The minimum absolute atomic E-state index is 0.0120. The molecule has 7 heteroatoms. The summed E-state index contributed by atoms with van der Waals surface area (Å²) in [7, 11) is 0. The maximum absolute atomic E-state index is 11.0. The standard InChI is InChI=1S/C12H12ClN3O3/c1-6-9(7(2)19-16-6)4-14-11-3-8(12(17)18)10(13)5-15-11/h3,5H,4H2,1-2H3,(H,14,15)(H,17,18). The SMILES string of the molecule is Cc1noc(C)c1CNc1cc(C(=O)O)c(Cl)cn1. The number of rotatable bonds is 4. The number of halogens is 1. The lowest BCUT2D eigenvalue weighted by molar-refractivity contribution is 0.0697. The number of aromatic carboxylic acids is 1. The van der Waals surface area contributed by atoms with Gasteiger partial charge in [0.2, 0.25) is 0 Å². The molecule has 2 rings (SSSR count). The third-order valence-corrected chi connectivity index (χ3v) is 3.01. The number of pyridine rings is 1. The van der Waals surface area contributed by atoms with Crippen molar-refractivity contribution in [3.8, 4) is 0 Å². The fraction of sp³-hybridized carbons (Fsp3) is 0.250. The van der Waals surface area contributed by atoms with Crippen molar-refractivity contribution in [2.24, 2.45) is 0 Å². The molecule has 0 aromatic carbocycles. The molecule has 0 aliphatic heterocycles. The molecule has 2 N–H and O–H groups in total. The first-order valence-corrected chi connectivity index (χ1v) is 5.91. The molecule has 6 nitrogen and oxygen atoms in total. The monoisotopic (exact) mass is 281 g/mol. The molecule has 0 aliphatic rings. The van der Waals surface area contributed by atoms with E-state index in [1.54, 1.807) is 0 Å². The number of carbonyl (C=O) groups is 1. The van der Waals surface area contributed by atoms with Gasteiger partial charge in [-0.15, -0.1) is 0 Å². The average molecular weight is 282 g/mol. The van der Waals surface area contributed by atoms with Gasteiger partial charge in [-0.05, 0) is 19.9 Å². The Morgan fingerprint density at radius 2 is 2.26 bits per heavy atom. The number of nitrogens with one attached hydrogen (secondary N) is 1. The number of nitrogens with zero attached hydrogens (tertiary/aromatic N) is 2. The third kappa shape index (κ3) is 2.85. The lowest BCUT2D eigenvalue weighted by atomic mass is 10.2. The molecule has 0 amide bonds. The molecule has 0 spiro atoms. The van der Waals surface area contributed by atoms with Gasteiger partial charge in [0.25, 0.3) is 0 Å². The Morgan fingerprint density at radius 3 is 2.84 bits per heavy atom. The highest BCUT2D eigenvalue weighted by atomic mass is 35.5. The lowest BCUT2D eigenvalue weighted by Gasteiger charge is -2.06. The van der Waals surface area contributed by atoms with E-state index >= 15 is 0 Å². The van der Waals surface area contributed by atoms with Crippen LogP contribution in [-0.4, -0.2) is 21.2 Å². The molecule has 0 saturated heterocycles. The molecule has 0 saturated carbocycles. The first-order chi connectivity index (χ1) is 8.99. The Labute approximate surface area is 114 Å². The van der Waals surface area contributed by atoms with Crippen LogP contribution in [0.25, 0.3) is 0 Å². The fourth-order valence-corrected chi connectivity index (χ4v) is 1.82. The second-order valence-corrected chi connectivity index (χ2v) is 4.42. The predicted molar refractivity (Wildman–Crippen MR) is 69.5 cm³/mol. The molecule has 0 aliphatic carbocycles. The minimum atomic E-state index is -1.09. The molecular weight excluding hydrogens is 270 g/mol. The van der Waals surface area contributed by atoms with Crippen molar-refractivity contribution in [3.63, 3.8) is 0 Å². The van der Waals surface area contributed by atoms with Crippen LogP contribution in [0.15, 0.2) is 16.8 Å². The highest BCUT2D eigenvalue weighted by Gasteiger charge is 2.12. The largest absolute Gasteiger partial charge is 0.478 e. The summed E-state index contributed by atoms with van der Waals surface area (Å²) < 4.78 is 5.04. The van der Waals surface area contributed by atoms with Crippen LogP contribution >= 0.6 is 11.6 Å². The number of carboxylic acids is 1. The van der Waals surface area contributed by atoms with E-state index in [-0.39, 0.29) is 10.6 Å². The third-order valence-electron chi connectivity index (χ3n) is 2.71. The summed E-state index contributed by atoms with van der Waals surface area (Å²) in [6.45, 7) is 4.11. The highest BCUT2D eigenvalue weighted by molar-refractivity contribution is 6.33. The van der Waals surface area contributed by atoms with Gasteiger partial charge in [0.05, 0.1) is 16.3 Å². The number of anilines is 1. The molecule has 0 atom stereocenters. The number of aromatic nitrogens is 2. The summed E-state index contributed by atoms with van der Waals surface area (Å²) >= 11 is 5.75. The van der Waals surface area contributed by atoms with Crippen molar-refractivity contribution in [2.75, 3.05) is 5.32 Å². The van der Waals surface area contributed by atoms with Crippen LogP contribution in [0.1, 0.15) is 27.4 Å². The van der Waals surface area contributed by atoms with Gasteiger partial charge >= 0.3 is 5.97 Å². The van der Waals surface area contributed by atoms with Gasteiger partial charge in [-0.25, -0.2) is 9.78 Å². The first kappa shape index (κ1) is 13.4. The maximum atomic E-state index is 11.0. The zero-order valence-corrected chi connectivity index (χ0v) is 11.2. The van der Waals surface area contributed by atoms with E-state index in [2.05, 4.69) is 15.5 Å². The van der Waals surface area contributed by atoms with Crippen LogP contribution in [-0.2, 0) is 6.54 Å². The second-order valence-electron chi connectivity index (χ2n) is 4.01. The van der Waals surface area contributed by atoms with Crippen LogP contribution in [0, 0.1) is 13.8 Å². The van der Waals surface area contributed by atoms with Gasteiger partial charge in [0.1, 0.15) is 11.6 Å².